The highest BCUT2D eigenvalue weighted by Gasteiger charge is 2.29. The zero-order valence-corrected chi connectivity index (χ0v) is 9.02. The molecular weight excluding hydrogens is 228 g/mol. The minimum Gasteiger partial charge on any atom is -0.478 e. The molecule has 1 aromatic rings. The van der Waals surface area contributed by atoms with Crippen molar-refractivity contribution in [3.05, 3.63) is 23.2 Å². The van der Waals surface area contributed by atoms with E-state index in [1.54, 1.807) is 0 Å². The summed E-state index contributed by atoms with van der Waals surface area (Å²) >= 11 is 0. The topological polar surface area (TPSA) is 99.9 Å². The van der Waals surface area contributed by atoms with Gasteiger partial charge in [-0.25, -0.2) is 9.59 Å². The number of aromatic carboxylic acids is 1. The van der Waals surface area contributed by atoms with Gasteiger partial charge in [0.15, 0.2) is 0 Å². The van der Waals surface area contributed by atoms with E-state index < -0.39 is 12.0 Å². The van der Waals surface area contributed by atoms with Gasteiger partial charge in [-0.1, -0.05) is 0 Å². The molecule has 0 unspecified atom stereocenters. The summed E-state index contributed by atoms with van der Waals surface area (Å²) in [4.78, 5) is 34.3. The Bertz CT molecular complexity index is 489. The van der Waals surface area contributed by atoms with Crippen molar-refractivity contribution in [3.63, 3.8) is 0 Å². The van der Waals surface area contributed by atoms with E-state index >= 15 is 0 Å². The normalized spacial score (nSPS) is 15.2. The fourth-order valence-corrected chi connectivity index (χ4v) is 1.61. The fraction of sp³-hybridized carbons (Fsp3) is 0.300. The minimum absolute atomic E-state index is 0.0343. The molecule has 1 fully saturated rings. The van der Waals surface area contributed by atoms with Crippen LogP contribution < -0.4 is 5.32 Å². The smallest absolute Gasteiger partial charge is 0.339 e. The summed E-state index contributed by atoms with van der Waals surface area (Å²) in [6, 6.07) is 0.817. The zero-order valence-electron chi connectivity index (χ0n) is 9.02. The van der Waals surface area contributed by atoms with Gasteiger partial charge in [0.05, 0.1) is 13.1 Å². The van der Waals surface area contributed by atoms with E-state index in [1.807, 2.05) is 0 Å². The number of carbonyl (C=O) groups is 3. The van der Waals surface area contributed by atoms with Crippen LogP contribution in [0.15, 0.2) is 10.5 Å². The summed E-state index contributed by atoms with van der Waals surface area (Å²) in [7, 11) is 0. The second-order valence-corrected chi connectivity index (χ2v) is 3.63. The van der Waals surface area contributed by atoms with E-state index in [0.717, 1.165) is 4.90 Å². The van der Waals surface area contributed by atoms with E-state index in [1.165, 1.54) is 13.0 Å². The molecule has 0 bridgehead atoms. The van der Waals surface area contributed by atoms with Gasteiger partial charge in [-0.3, -0.25) is 9.69 Å². The first-order valence-corrected chi connectivity index (χ1v) is 4.90. The zero-order chi connectivity index (χ0) is 12.6. The molecule has 0 aliphatic carbocycles. The number of furan rings is 1. The number of carboxylic acids is 1. The SMILES string of the molecule is Cc1oc(CN2C(=O)CNC2=O)cc1C(=O)O. The number of carbonyl (C=O) groups excluding carboxylic acids is 2. The molecule has 17 heavy (non-hydrogen) atoms. The van der Waals surface area contributed by atoms with Crippen LogP contribution in [0.2, 0.25) is 0 Å². The Hall–Kier alpha value is -2.31. The van der Waals surface area contributed by atoms with Crippen molar-refractivity contribution in [1.82, 2.24) is 10.2 Å². The molecular formula is C10H10N2O5. The van der Waals surface area contributed by atoms with Gasteiger partial charge in [-0.05, 0) is 13.0 Å². The first-order chi connectivity index (χ1) is 7.99. The number of nitrogens with zero attached hydrogens (tertiary/aromatic N) is 1. The number of nitrogens with one attached hydrogen (secondary N) is 1. The van der Waals surface area contributed by atoms with E-state index in [9.17, 15) is 14.4 Å². The average Bonchev–Trinajstić information content (AvgIpc) is 2.76. The third kappa shape index (κ3) is 1.99. The number of urea groups is 1. The van der Waals surface area contributed by atoms with Crippen molar-refractivity contribution >= 4 is 17.9 Å². The Kier molecular flexibility index (Phi) is 2.58. The van der Waals surface area contributed by atoms with Crippen molar-refractivity contribution in [1.29, 1.82) is 0 Å². The van der Waals surface area contributed by atoms with Crippen LogP contribution in [0.3, 0.4) is 0 Å². The Morgan fingerprint density at radius 2 is 2.29 bits per heavy atom. The van der Waals surface area contributed by atoms with Gasteiger partial charge in [0.25, 0.3) is 0 Å². The lowest BCUT2D eigenvalue weighted by Gasteiger charge is -2.09. The number of carboxylic acid groups (broad SMARTS) is 1. The maximum atomic E-state index is 11.3. The lowest BCUT2D eigenvalue weighted by atomic mass is 10.2. The van der Waals surface area contributed by atoms with Gasteiger partial charge < -0.3 is 14.8 Å². The summed E-state index contributed by atoms with van der Waals surface area (Å²) in [6.45, 7) is 1.42. The quantitative estimate of drug-likeness (QED) is 0.739. The van der Waals surface area contributed by atoms with Gasteiger partial charge in [0.1, 0.15) is 17.1 Å². The molecule has 1 aliphatic heterocycles. The number of hydrogen-bond donors (Lipinski definition) is 2. The predicted octanol–water partition coefficient (Wildman–Crippen LogP) is 0.338. The highest BCUT2D eigenvalue weighted by molar-refractivity contribution is 6.01. The number of aryl methyl sites for hydroxylation is 1. The molecule has 90 valence electrons. The third-order valence-electron chi connectivity index (χ3n) is 2.45. The van der Waals surface area contributed by atoms with Crippen LogP contribution in [0.1, 0.15) is 21.9 Å². The molecule has 1 aliphatic rings. The summed E-state index contributed by atoms with van der Waals surface area (Å²) in [5.41, 5.74) is 0.0343. The highest BCUT2D eigenvalue weighted by atomic mass is 16.4. The molecule has 0 saturated carbocycles. The van der Waals surface area contributed by atoms with E-state index in [2.05, 4.69) is 5.32 Å². The van der Waals surface area contributed by atoms with Crippen LogP contribution in [0.5, 0.6) is 0 Å². The monoisotopic (exact) mass is 238 g/mol. The molecule has 0 radical (unpaired) electrons. The molecule has 0 atom stereocenters. The summed E-state index contributed by atoms with van der Waals surface area (Å²) in [6.07, 6.45) is 0. The van der Waals surface area contributed by atoms with E-state index in [0.29, 0.717) is 0 Å². The molecule has 2 heterocycles. The Morgan fingerprint density at radius 1 is 1.59 bits per heavy atom. The number of rotatable bonds is 3. The van der Waals surface area contributed by atoms with Crippen molar-refractivity contribution in [2.24, 2.45) is 0 Å². The standard InChI is InChI=1S/C10H10N2O5/c1-5-7(9(14)15)2-6(17-5)4-12-8(13)3-11-10(12)16/h2H,3-4H2,1H3,(H,11,16)(H,14,15). The van der Waals surface area contributed by atoms with Crippen molar-refractivity contribution < 1.29 is 23.9 Å². The molecule has 0 spiro atoms. The summed E-state index contributed by atoms with van der Waals surface area (Å²) in [5, 5.41) is 11.2. The van der Waals surface area contributed by atoms with Crippen LogP contribution in [-0.2, 0) is 11.3 Å². The van der Waals surface area contributed by atoms with Crippen molar-refractivity contribution in [2.75, 3.05) is 6.54 Å². The Labute approximate surface area is 96.0 Å². The second kappa shape index (κ2) is 3.93. The molecule has 2 N–H and O–H groups in total. The van der Waals surface area contributed by atoms with Gasteiger partial charge in [0, 0.05) is 0 Å². The molecule has 7 heteroatoms. The Balaban J connectivity index is 2.19. The lowest BCUT2D eigenvalue weighted by molar-refractivity contribution is -0.125. The van der Waals surface area contributed by atoms with Crippen molar-refractivity contribution in [3.8, 4) is 0 Å². The van der Waals surface area contributed by atoms with E-state index in [-0.39, 0.29) is 36.1 Å². The first-order valence-electron chi connectivity index (χ1n) is 4.90. The lowest BCUT2D eigenvalue weighted by Crippen LogP contribution is -2.30. The minimum atomic E-state index is -1.10. The number of hydrogen-bond acceptors (Lipinski definition) is 4. The second-order valence-electron chi connectivity index (χ2n) is 3.63. The van der Waals surface area contributed by atoms with Crippen molar-refractivity contribution in [2.45, 2.75) is 13.5 Å². The molecule has 1 saturated heterocycles. The molecule has 3 amide bonds. The first kappa shape index (κ1) is 11.2. The summed E-state index contributed by atoms with van der Waals surface area (Å²) < 4.78 is 5.18. The highest BCUT2D eigenvalue weighted by Crippen LogP contribution is 2.17. The number of imide groups is 1. The average molecular weight is 238 g/mol. The van der Waals surface area contributed by atoms with Crippen LogP contribution in [-0.4, -0.2) is 34.5 Å². The van der Waals surface area contributed by atoms with Gasteiger partial charge in [-0.15, -0.1) is 0 Å². The number of amides is 3. The molecule has 2 rings (SSSR count). The van der Waals surface area contributed by atoms with Crippen LogP contribution in [0.25, 0.3) is 0 Å². The Morgan fingerprint density at radius 3 is 2.76 bits per heavy atom. The molecule has 1 aromatic heterocycles. The van der Waals surface area contributed by atoms with Gasteiger partial charge >= 0.3 is 12.0 Å². The summed E-state index contributed by atoms with van der Waals surface area (Å²) in [5.74, 6) is -0.944. The van der Waals surface area contributed by atoms with Gasteiger partial charge in [0.2, 0.25) is 5.91 Å². The van der Waals surface area contributed by atoms with Crippen LogP contribution >= 0.6 is 0 Å². The van der Waals surface area contributed by atoms with Crippen LogP contribution in [0, 0.1) is 6.92 Å². The molecule has 7 nitrogen and oxygen atoms in total. The largest absolute Gasteiger partial charge is 0.478 e. The maximum Gasteiger partial charge on any atom is 0.339 e. The third-order valence-corrected chi connectivity index (χ3v) is 2.45. The fourth-order valence-electron chi connectivity index (χ4n) is 1.61. The molecule has 0 aromatic carbocycles. The van der Waals surface area contributed by atoms with Crippen LogP contribution in [0.4, 0.5) is 4.79 Å². The van der Waals surface area contributed by atoms with E-state index in [4.69, 9.17) is 9.52 Å². The van der Waals surface area contributed by atoms with Gasteiger partial charge in [-0.2, -0.15) is 0 Å². The maximum absolute atomic E-state index is 11.3. The predicted molar refractivity (Wildman–Crippen MR) is 54.4 cm³/mol.